The monoisotopic (exact) mass is 267 g/mol. The van der Waals surface area contributed by atoms with Crippen LogP contribution in [0.2, 0.25) is 0 Å². The van der Waals surface area contributed by atoms with E-state index in [1.165, 1.54) is 12.8 Å². The van der Waals surface area contributed by atoms with Gasteiger partial charge in [-0.1, -0.05) is 19.8 Å². The van der Waals surface area contributed by atoms with Crippen molar-refractivity contribution in [1.29, 1.82) is 0 Å². The van der Waals surface area contributed by atoms with Crippen molar-refractivity contribution in [2.24, 2.45) is 5.41 Å². The average Bonchev–Trinajstić information content (AvgIpc) is 2.86. The molecule has 0 amide bonds. The number of nitrogens with one attached hydrogen (secondary N) is 1. The van der Waals surface area contributed by atoms with Crippen LogP contribution in [0.25, 0.3) is 0 Å². The highest BCUT2D eigenvalue weighted by atomic mass is 19.1. The van der Waals surface area contributed by atoms with E-state index in [4.69, 9.17) is 0 Å². The second kappa shape index (κ2) is 5.58. The van der Waals surface area contributed by atoms with Crippen molar-refractivity contribution >= 4 is 0 Å². The summed E-state index contributed by atoms with van der Waals surface area (Å²) in [6.45, 7) is 3.86. The first-order valence-electron chi connectivity index (χ1n) is 7.17. The van der Waals surface area contributed by atoms with E-state index in [0.717, 1.165) is 25.3 Å². The lowest BCUT2D eigenvalue weighted by atomic mass is 9.73. The van der Waals surface area contributed by atoms with Gasteiger partial charge >= 0.3 is 0 Å². The Balaban J connectivity index is 2.44. The average molecular weight is 267 g/mol. The zero-order valence-electron chi connectivity index (χ0n) is 12.0. The van der Waals surface area contributed by atoms with Crippen molar-refractivity contribution in [3.8, 4) is 0 Å². The molecular weight excluding hydrogens is 244 g/mol. The summed E-state index contributed by atoms with van der Waals surface area (Å²) in [7, 11) is 1.87. The van der Waals surface area contributed by atoms with Gasteiger partial charge in [-0.3, -0.25) is 0 Å². The second-order valence-electron chi connectivity index (χ2n) is 5.77. The third-order valence-electron chi connectivity index (χ3n) is 4.79. The van der Waals surface area contributed by atoms with Gasteiger partial charge in [-0.25, -0.2) is 8.78 Å². The molecule has 1 aliphatic carbocycles. The van der Waals surface area contributed by atoms with E-state index in [1.54, 1.807) is 13.0 Å². The molecule has 1 aromatic carbocycles. The fourth-order valence-corrected chi connectivity index (χ4v) is 3.62. The van der Waals surface area contributed by atoms with Crippen LogP contribution < -0.4 is 5.32 Å². The van der Waals surface area contributed by atoms with Crippen LogP contribution in [-0.4, -0.2) is 7.05 Å². The maximum Gasteiger partial charge on any atom is 0.130 e. The minimum atomic E-state index is -0.465. The molecule has 106 valence electrons. The van der Waals surface area contributed by atoms with Crippen LogP contribution in [0.15, 0.2) is 12.1 Å². The molecular formula is C16H23F2N. The Labute approximate surface area is 114 Å². The molecule has 1 saturated carbocycles. The molecule has 1 atom stereocenters. The van der Waals surface area contributed by atoms with E-state index in [-0.39, 0.29) is 11.5 Å². The lowest BCUT2D eigenvalue weighted by Gasteiger charge is -2.37. The van der Waals surface area contributed by atoms with Gasteiger partial charge in [-0.05, 0) is 50.3 Å². The SMILES string of the molecule is CCC1(C(NC)c2cc(C)c(F)cc2F)CCCC1. The highest BCUT2D eigenvalue weighted by Gasteiger charge is 2.40. The van der Waals surface area contributed by atoms with E-state index in [9.17, 15) is 8.78 Å². The first-order chi connectivity index (χ1) is 9.04. The predicted molar refractivity (Wildman–Crippen MR) is 74.1 cm³/mol. The van der Waals surface area contributed by atoms with E-state index in [2.05, 4.69) is 12.2 Å². The third kappa shape index (κ3) is 2.53. The standard InChI is InChI=1S/C16H23F2N/c1-4-16(7-5-6-8-16)15(19-3)12-9-11(2)13(17)10-14(12)18/h9-10,15,19H,4-8H2,1-3H3. The molecule has 2 rings (SSSR count). The first kappa shape index (κ1) is 14.4. The van der Waals surface area contributed by atoms with E-state index in [0.29, 0.717) is 11.1 Å². The van der Waals surface area contributed by atoms with E-state index in [1.807, 2.05) is 7.05 Å². The fourth-order valence-electron chi connectivity index (χ4n) is 3.62. The summed E-state index contributed by atoms with van der Waals surface area (Å²) in [6.07, 6.45) is 5.66. The Morgan fingerprint density at radius 1 is 1.21 bits per heavy atom. The van der Waals surface area contributed by atoms with Crippen LogP contribution in [0.4, 0.5) is 8.78 Å². The zero-order valence-corrected chi connectivity index (χ0v) is 12.0. The molecule has 0 bridgehead atoms. The van der Waals surface area contributed by atoms with E-state index >= 15 is 0 Å². The Bertz CT molecular complexity index is 450. The van der Waals surface area contributed by atoms with Gasteiger partial charge in [-0.2, -0.15) is 0 Å². The van der Waals surface area contributed by atoms with Crippen LogP contribution in [0.5, 0.6) is 0 Å². The summed E-state index contributed by atoms with van der Waals surface area (Å²) in [5.41, 5.74) is 1.24. The molecule has 0 spiro atoms. The topological polar surface area (TPSA) is 12.0 Å². The highest BCUT2D eigenvalue weighted by molar-refractivity contribution is 5.30. The quantitative estimate of drug-likeness (QED) is 0.846. The maximum absolute atomic E-state index is 14.1. The summed E-state index contributed by atoms with van der Waals surface area (Å²) >= 11 is 0. The number of hydrogen-bond acceptors (Lipinski definition) is 1. The summed E-state index contributed by atoms with van der Waals surface area (Å²) in [6, 6.07) is 2.66. The molecule has 3 heteroatoms. The third-order valence-corrected chi connectivity index (χ3v) is 4.79. The number of benzene rings is 1. The largest absolute Gasteiger partial charge is 0.312 e. The molecule has 1 nitrogen and oxygen atoms in total. The van der Waals surface area contributed by atoms with Gasteiger partial charge in [0.1, 0.15) is 11.6 Å². The highest BCUT2D eigenvalue weighted by Crippen LogP contribution is 2.50. The summed E-state index contributed by atoms with van der Waals surface area (Å²) < 4.78 is 27.6. The van der Waals surface area contributed by atoms with Gasteiger partial charge < -0.3 is 5.32 Å². The van der Waals surface area contributed by atoms with Crippen molar-refractivity contribution in [1.82, 2.24) is 5.32 Å². The Morgan fingerprint density at radius 2 is 1.84 bits per heavy atom. The van der Waals surface area contributed by atoms with Gasteiger partial charge in [0.05, 0.1) is 0 Å². The minimum Gasteiger partial charge on any atom is -0.312 e. The van der Waals surface area contributed by atoms with Crippen molar-refractivity contribution in [2.75, 3.05) is 7.05 Å². The molecule has 0 saturated heterocycles. The number of rotatable bonds is 4. The van der Waals surface area contributed by atoms with Crippen molar-refractivity contribution < 1.29 is 8.78 Å². The Kier molecular flexibility index (Phi) is 4.24. The number of hydrogen-bond donors (Lipinski definition) is 1. The molecule has 0 radical (unpaired) electrons. The molecule has 19 heavy (non-hydrogen) atoms. The minimum absolute atomic E-state index is 0.0284. The predicted octanol–water partition coefficient (Wildman–Crippen LogP) is 4.50. The maximum atomic E-state index is 14.1. The number of aryl methyl sites for hydroxylation is 1. The van der Waals surface area contributed by atoms with Crippen molar-refractivity contribution in [3.05, 3.63) is 34.9 Å². The van der Waals surface area contributed by atoms with Crippen LogP contribution in [0, 0.1) is 24.0 Å². The van der Waals surface area contributed by atoms with Gasteiger partial charge in [0, 0.05) is 17.7 Å². The molecule has 1 aliphatic rings. The van der Waals surface area contributed by atoms with Gasteiger partial charge in [0.2, 0.25) is 0 Å². The summed E-state index contributed by atoms with van der Waals surface area (Å²) in [5.74, 6) is -0.893. The molecule has 1 unspecified atom stereocenters. The normalized spacial score (nSPS) is 19.6. The smallest absolute Gasteiger partial charge is 0.130 e. The fraction of sp³-hybridized carbons (Fsp3) is 0.625. The Morgan fingerprint density at radius 3 is 2.37 bits per heavy atom. The van der Waals surface area contributed by atoms with Gasteiger partial charge in [-0.15, -0.1) is 0 Å². The van der Waals surface area contributed by atoms with Crippen LogP contribution in [0.3, 0.4) is 0 Å². The molecule has 1 N–H and O–H groups in total. The molecule has 1 fully saturated rings. The molecule has 0 aliphatic heterocycles. The van der Waals surface area contributed by atoms with E-state index < -0.39 is 11.6 Å². The van der Waals surface area contributed by atoms with Gasteiger partial charge in [0.25, 0.3) is 0 Å². The second-order valence-corrected chi connectivity index (χ2v) is 5.77. The molecule has 0 aromatic heterocycles. The lowest BCUT2D eigenvalue weighted by Crippen LogP contribution is -2.35. The lowest BCUT2D eigenvalue weighted by molar-refractivity contribution is 0.191. The van der Waals surface area contributed by atoms with Crippen molar-refractivity contribution in [3.63, 3.8) is 0 Å². The van der Waals surface area contributed by atoms with Crippen LogP contribution in [-0.2, 0) is 0 Å². The van der Waals surface area contributed by atoms with Crippen molar-refractivity contribution in [2.45, 2.75) is 52.0 Å². The van der Waals surface area contributed by atoms with Gasteiger partial charge in [0.15, 0.2) is 0 Å². The zero-order chi connectivity index (χ0) is 14.0. The van der Waals surface area contributed by atoms with Crippen LogP contribution >= 0.6 is 0 Å². The Hall–Kier alpha value is -0.960. The summed E-state index contributed by atoms with van der Waals surface area (Å²) in [5, 5.41) is 3.28. The van der Waals surface area contributed by atoms with Crippen LogP contribution in [0.1, 0.15) is 56.2 Å². The number of halogens is 2. The first-order valence-corrected chi connectivity index (χ1v) is 7.17. The molecule has 1 aromatic rings. The molecule has 0 heterocycles. The summed E-state index contributed by atoms with van der Waals surface area (Å²) in [4.78, 5) is 0.